The van der Waals surface area contributed by atoms with Crippen molar-refractivity contribution < 1.29 is 14.7 Å². The van der Waals surface area contributed by atoms with Crippen LogP contribution in [0, 0.1) is 0 Å². The summed E-state index contributed by atoms with van der Waals surface area (Å²) in [5, 5.41) is 18.8. The third kappa shape index (κ3) is 3.56. The van der Waals surface area contributed by atoms with E-state index in [4.69, 9.17) is 5.11 Å². The average Bonchev–Trinajstić information content (AvgIpc) is 3.01. The normalized spacial score (nSPS) is 16.6. The Labute approximate surface area is 133 Å². The molecule has 23 heavy (non-hydrogen) atoms. The van der Waals surface area contributed by atoms with Crippen molar-refractivity contribution in [1.29, 1.82) is 0 Å². The first-order valence-corrected chi connectivity index (χ1v) is 7.61. The molecule has 7 heteroatoms. The van der Waals surface area contributed by atoms with Crippen molar-refractivity contribution in [3.05, 3.63) is 47.3 Å². The second-order valence-corrected chi connectivity index (χ2v) is 5.70. The summed E-state index contributed by atoms with van der Waals surface area (Å²) < 4.78 is 1.23. The maximum atomic E-state index is 12.0. The van der Waals surface area contributed by atoms with Crippen molar-refractivity contribution >= 4 is 11.9 Å². The van der Waals surface area contributed by atoms with Gasteiger partial charge in [-0.1, -0.05) is 29.5 Å². The number of nitrogens with one attached hydrogen (secondary N) is 1. The van der Waals surface area contributed by atoms with Crippen LogP contribution in [0.3, 0.4) is 0 Å². The van der Waals surface area contributed by atoms with E-state index >= 15 is 0 Å². The maximum Gasteiger partial charge on any atom is 0.358 e. The van der Waals surface area contributed by atoms with E-state index in [0.29, 0.717) is 12.5 Å². The lowest BCUT2D eigenvalue weighted by Gasteiger charge is -2.25. The van der Waals surface area contributed by atoms with Gasteiger partial charge < -0.3 is 10.4 Å². The first kappa shape index (κ1) is 15.2. The number of hydrogen-bond donors (Lipinski definition) is 2. The van der Waals surface area contributed by atoms with E-state index in [9.17, 15) is 9.59 Å². The molecule has 0 saturated carbocycles. The molecule has 1 heterocycles. The lowest BCUT2D eigenvalue weighted by atomic mass is 9.83. The Morgan fingerprint density at radius 3 is 2.96 bits per heavy atom. The molecule has 2 aromatic rings. The van der Waals surface area contributed by atoms with Crippen LogP contribution < -0.4 is 5.32 Å². The van der Waals surface area contributed by atoms with E-state index in [1.54, 1.807) is 0 Å². The molecule has 3 rings (SSSR count). The standard InChI is InChI=1S/C16H18N4O3/c21-15(10-20-9-14(16(22)23)18-19-20)17-8-12-6-3-5-11-4-1-2-7-13(11)12/h1-2,4,7,9,12H,3,5-6,8,10H2,(H,17,21)(H,22,23). The molecule has 1 aromatic heterocycles. The van der Waals surface area contributed by atoms with E-state index in [1.165, 1.54) is 22.0 Å². The average molecular weight is 314 g/mol. The van der Waals surface area contributed by atoms with Gasteiger partial charge in [0.2, 0.25) is 5.91 Å². The quantitative estimate of drug-likeness (QED) is 0.864. The number of carboxylic acids is 1. The van der Waals surface area contributed by atoms with Gasteiger partial charge in [0, 0.05) is 12.5 Å². The Balaban J connectivity index is 1.56. The second-order valence-electron chi connectivity index (χ2n) is 5.70. The second kappa shape index (κ2) is 6.60. The van der Waals surface area contributed by atoms with E-state index in [1.807, 2.05) is 12.1 Å². The zero-order valence-electron chi connectivity index (χ0n) is 12.6. The minimum atomic E-state index is -1.16. The molecule has 0 bridgehead atoms. The third-order valence-electron chi connectivity index (χ3n) is 4.10. The molecule has 0 aliphatic heterocycles. The van der Waals surface area contributed by atoms with Gasteiger partial charge in [0.15, 0.2) is 5.69 Å². The van der Waals surface area contributed by atoms with Crippen LogP contribution in [0.15, 0.2) is 30.5 Å². The summed E-state index contributed by atoms with van der Waals surface area (Å²) in [5.41, 5.74) is 2.51. The molecular weight excluding hydrogens is 296 g/mol. The number of aromatic nitrogens is 3. The van der Waals surface area contributed by atoms with Gasteiger partial charge >= 0.3 is 5.97 Å². The van der Waals surface area contributed by atoms with Gasteiger partial charge in [0.05, 0.1) is 6.20 Å². The monoisotopic (exact) mass is 314 g/mol. The van der Waals surface area contributed by atoms with Crippen LogP contribution in [0.25, 0.3) is 0 Å². The number of nitrogens with zero attached hydrogens (tertiary/aromatic N) is 3. The lowest BCUT2D eigenvalue weighted by molar-refractivity contribution is -0.121. The van der Waals surface area contributed by atoms with Gasteiger partial charge in [0.1, 0.15) is 6.54 Å². The smallest absolute Gasteiger partial charge is 0.358 e. The molecule has 0 fully saturated rings. The summed E-state index contributed by atoms with van der Waals surface area (Å²) in [4.78, 5) is 22.7. The number of aryl methyl sites for hydroxylation is 1. The summed E-state index contributed by atoms with van der Waals surface area (Å²) in [7, 11) is 0. The third-order valence-corrected chi connectivity index (χ3v) is 4.10. The van der Waals surface area contributed by atoms with Crippen molar-refractivity contribution in [2.45, 2.75) is 31.7 Å². The minimum Gasteiger partial charge on any atom is -0.476 e. The highest BCUT2D eigenvalue weighted by Gasteiger charge is 2.20. The molecule has 1 atom stereocenters. The van der Waals surface area contributed by atoms with E-state index < -0.39 is 5.97 Å². The number of hydrogen-bond acceptors (Lipinski definition) is 4. The van der Waals surface area contributed by atoms with Crippen LogP contribution >= 0.6 is 0 Å². The number of amides is 1. The maximum absolute atomic E-state index is 12.0. The van der Waals surface area contributed by atoms with Crippen molar-refractivity contribution in [1.82, 2.24) is 20.3 Å². The van der Waals surface area contributed by atoms with Crippen molar-refractivity contribution in [2.75, 3.05) is 6.54 Å². The summed E-state index contributed by atoms with van der Waals surface area (Å²) in [5.74, 6) is -1.03. The van der Waals surface area contributed by atoms with Crippen LogP contribution in [0.4, 0.5) is 0 Å². The first-order chi connectivity index (χ1) is 11.1. The number of carbonyl (C=O) groups is 2. The van der Waals surface area contributed by atoms with E-state index in [2.05, 4.69) is 27.8 Å². The Bertz CT molecular complexity index is 726. The Morgan fingerprint density at radius 1 is 1.35 bits per heavy atom. The van der Waals surface area contributed by atoms with Crippen molar-refractivity contribution in [3.63, 3.8) is 0 Å². The fourth-order valence-electron chi connectivity index (χ4n) is 2.98. The summed E-state index contributed by atoms with van der Waals surface area (Å²) in [6.07, 6.45) is 4.53. The van der Waals surface area contributed by atoms with Crippen LogP contribution in [-0.2, 0) is 17.8 Å². The lowest BCUT2D eigenvalue weighted by Crippen LogP contribution is -2.32. The summed E-state index contributed by atoms with van der Waals surface area (Å²) in [6, 6.07) is 8.35. The van der Waals surface area contributed by atoms with Crippen LogP contribution in [0.5, 0.6) is 0 Å². The summed E-state index contributed by atoms with van der Waals surface area (Å²) in [6.45, 7) is 0.547. The summed E-state index contributed by atoms with van der Waals surface area (Å²) >= 11 is 0. The highest BCUT2D eigenvalue weighted by atomic mass is 16.4. The Morgan fingerprint density at radius 2 is 2.17 bits per heavy atom. The molecule has 7 nitrogen and oxygen atoms in total. The van der Waals surface area contributed by atoms with Crippen molar-refractivity contribution in [3.8, 4) is 0 Å². The Kier molecular flexibility index (Phi) is 4.36. The van der Waals surface area contributed by atoms with Gasteiger partial charge in [-0.3, -0.25) is 4.79 Å². The topological polar surface area (TPSA) is 97.1 Å². The van der Waals surface area contributed by atoms with Gasteiger partial charge in [-0.25, -0.2) is 9.48 Å². The molecule has 0 radical (unpaired) electrons. The first-order valence-electron chi connectivity index (χ1n) is 7.61. The molecule has 1 amide bonds. The number of fused-ring (bicyclic) bond motifs is 1. The fourth-order valence-corrected chi connectivity index (χ4v) is 2.98. The van der Waals surface area contributed by atoms with Gasteiger partial charge in [-0.2, -0.15) is 0 Å². The highest BCUT2D eigenvalue weighted by Crippen LogP contribution is 2.30. The van der Waals surface area contributed by atoms with Gasteiger partial charge in [0.25, 0.3) is 0 Å². The van der Waals surface area contributed by atoms with Crippen LogP contribution in [-0.4, -0.2) is 38.5 Å². The van der Waals surface area contributed by atoms with Crippen molar-refractivity contribution in [2.24, 2.45) is 0 Å². The predicted octanol–water partition coefficient (Wildman–Crippen LogP) is 1.21. The van der Waals surface area contributed by atoms with Gasteiger partial charge in [-0.05, 0) is 30.4 Å². The van der Waals surface area contributed by atoms with Crippen LogP contribution in [0.2, 0.25) is 0 Å². The zero-order valence-corrected chi connectivity index (χ0v) is 12.6. The van der Waals surface area contributed by atoms with Crippen LogP contribution in [0.1, 0.15) is 40.4 Å². The molecule has 1 aromatic carbocycles. The molecule has 1 unspecified atom stereocenters. The SMILES string of the molecule is O=C(Cn1cc(C(=O)O)nn1)NCC1CCCc2ccccc21. The highest BCUT2D eigenvalue weighted by molar-refractivity contribution is 5.84. The van der Waals surface area contributed by atoms with E-state index in [-0.39, 0.29) is 18.1 Å². The number of carbonyl (C=O) groups excluding carboxylic acids is 1. The molecule has 1 aliphatic rings. The molecule has 2 N–H and O–H groups in total. The Hall–Kier alpha value is -2.70. The zero-order chi connectivity index (χ0) is 16.2. The molecule has 0 spiro atoms. The number of carboxylic acid groups (broad SMARTS) is 1. The number of benzene rings is 1. The fraction of sp³-hybridized carbons (Fsp3) is 0.375. The predicted molar refractivity (Wildman–Crippen MR) is 82.1 cm³/mol. The molecular formula is C16H18N4O3. The molecule has 1 aliphatic carbocycles. The largest absolute Gasteiger partial charge is 0.476 e. The van der Waals surface area contributed by atoms with Gasteiger partial charge in [-0.15, -0.1) is 5.10 Å². The van der Waals surface area contributed by atoms with E-state index in [0.717, 1.165) is 19.3 Å². The number of rotatable bonds is 5. The minimum absolute atomic E-state index is 0.0331. The number of aromatic carboxylic acids is 1. The molecule has 120 valence electrons. The molecule has 0 saturated heterocycles.